The van der Waals surface area contributed by atoms with Crippen LogP contribution >= 0.6 is 11.6 Å². The smallest absolute Gasteiger partial charge is 0.329 e. The van der Waals surface area contributed by atoms with Crippen LogP contribution in [0.4, 0.5) is 0 Å². The fourth-order valence-electron chi connectivity index (χ4n) is 1.73. The van der Waals surface area contributed by atoms with Crippen LogP contribution in [0, 0.1) is 0 Å². The molecular formula is C21H25ClN2O3. The zero-order valence-electron chi connectivity index (χ0n) is 35.2. The molecule has 0 radical (unpaired) electrons. The van der Waals surface area contributed by atoms with Crippen LogP contribution in [0.25, 0.3) is 0 Å². The van der Waals surface area contributed by atoms with E-state index in [4.69, 9.17) is 45.5 Å². The normalized spacial score (nSPS) is 38.4. The third-order valence-corrected chi connectivity index (χ3v) is 2.95. The summed E-state index contributed by atoms with van der Waals surface area (Å²) in [7, 11) is 0. The molecule has 27 heavy (non-hydrogen) atoms. The lowest BCUT2D eigenvalue weighted by molar-refractivity contribution is -0.142. The van der Waals surface area contributed by atoms with E-state index in [-0.39, 0.29) is 0 Å². The number of halogens is 1. The maximum Gasteiger partial charge on any atom is 0.329 e. The Bertz CT molecular complexity index is 1560. The number of piperazine rings is 1. The number of hydrogen-bond donors (Lipinski definition) is 1. The van der Waals surface area contributed by atoms with Gasteiger partial charge in [0.1, 0.15) is 6.61 Å². The van der Waals surface area contributed by atoms with Gasteiger partial charge in [-0.2, -0.15) is 0 Å². The van der Waals surface area contributed by atoms with E-state index in [0.717, 1.165) is 0 Å². The van der Waals surface area contributed by atoms with Crippen LogP contribution in [-0.4, -0.2) is 66.5 Å². The summed E-state index contributed by atoms with van der Waals surface area (Å²) in [4.78, 5) is 9.37. The van der Waals surface area contributed by atoms with E-state index in [0.29, 0.717) is 0 Å². The number of ether oxygens (including phenoxy) is 1. The van der Waals surface area contributed by atoms with Crippen molar-refractivity contribution in [3.63, 3.8) is 0 Å². The Balaban J connectivity index is 2.67. The number of carboxylic acid groups (broad SMARTS) is 1. The van der Waals surface area contributed by atoms with E-state index >= 15 is 0 Å². The lowest BCUT2D eigenvalue weighted by atomic mass is 9.96. The van der Waals surface area contributed by atoms with Gasteiger partial charge in [0, 0.05) is 51.2 Å². The van der Waals surface area contributed by atoms with Crippen molar-refractivity contribution in [3.05, 3.63) is 70.5 Å². The van der Waals surface area contributed by atoms with Crippen LogP contribution in [0.3, 0.4) is 0 Å². The molecule has 1 atom stereocenters. The minimum Gasteiger partial charge on any atom is -0.480 e. The number of carbonyl (C=O) groups is 1. The van der Waals surface area contributed by atoms with Crippen molar-refractivity contribution in [2.75, 3.05) is 45.7 Å². The first-order valence-corrected chi connectivity index (χ1v) is 7.43. The van der Waals surface area contributed by atoms with Crippen molar-refractivity contribution in [1.29, 1.82) is 0 Å². The number of carboxylic acids is 1. The third-order valence-electron chi connectivity index (χ3n) is 2.76. The van der Waals surface area contributed by atoms with Crippen molar-refractivity contribution in [1.82, 2.24) is 9.80 Å². The minimum atomic E-state index is -4.45. The molecule has 144 valence electrons. The second-order valence-corrected chi connectivity index (χ2v) is 4.93. The molecule has 5 nitrogen and oxygen atoms in total. The summed E-state index contributed by atoms with van der Waals surface area (Å²) in [6, 6.07) is -15.7. The first-order chi connectivity index (χ1) is 21.7. The van der Waals surface area contributed by atoms with Crippen LogP contribution in [0.1, 0.15) is 47.3 Å². The van der Waals surface area contributed by atoms with Gasteiger partial charge in [0.25, 0.3) is 0 Å². The van der Waals surface area contributed by atoms with Gasteiger partial charge in [0.2, 0.25) is 0 Å². The Kier molecular flexibility index (Phi) is 2.20. The molecule has 0 amide bonds. The molecule has 1 N–H and O–H groups in total. The van der Waals surface area contributed by atoms with Crippen LogP contribution in [0.5, 0.6) is 0 Å². The predicted octanol–water partition coefficient (Wildman–Crippen LogP) is 3.15. The van der Waals surface area contributed by atoms with E-state index in [1.165, 1.54) is 0 Å². The van der Waals surface area contributed by atoms with Gasteiger partial charge in [-0.25, -0.2) is 4.79 Å². The van der Waals surface area contributed by atoms with Gasteiger partial charge in [0.05, 0.1) is 29.0 Å². The van der Waals surface area contributed by atoms with Gasteiger partial charge < -0.3 is 9.84 Å². The number of nitrogens with zero attached hydrogens (tertiary/aromatic N) is 2. The largest absolute Gasteiger partial charge is 0.480 e. The number of rotatable bonds is 8. The standard InChI is InChI=1S/C21H25ClN2O3/c22-19-8-6-18(7-9-19)21(17-4-2-1-3-5-17)24-12-10-23(11-13-24)14-15-27-16-20(25)26/h1-9,21H,10-16H2,(H,25,26)/i1D,2D,3D,4D,5D,6D,7D,8D,9D,10D2,11D2,12D2,13D2,14D2,15D2,21D. The SMILES string of the molecule is [2H]c1c([2H])c([2H])c(C([2H])(c2c([2H])c([2H])c(Cl)c([2H])c2[2H])N2C([2H])([2H])C([2H])([2H])N(C([2H])([2H])C([2H])([2H])OCC(=O)O)C([2H])([2H])C2([2H])[2H])c([2H])c1[2H]. The lowest BCUT2D eigenvalue weighted by Gasteiger charge is -2.39. The summed E-state index contributed by atoms with van der Waals surface area (Å²) in [5.74, 6) is -1.87. The van der Waals surface area contributed by atoms with Crippen LogP contribution < -0.4 is 0 Å². The first kappa shape index (κ1) is 6.04. The Morgan fingerprint density at radius 2 is 1.81 bits per heavy atom. The molecular weight excluding hydrogens is 364 g/mol. The Morgan fingerprint density at radius 1 is 1.19 bits per heavy atom. The Morgan fingerprint density at radius 3 is 2.44 bits per heavy atom. The van der Waals surface area contributed by atoms with Crippen molar-refractivity contribution in [3.8, 4) is 0 Å². The number of aliphatic carboxylic acids is 1. The molecule has 1 unspecified atom stereocenters. The average Bonchev–Trinajstić information content (AvgIpc) is 2.94. The van der Waals surface area contributed by atoms with Gasteiger partial charge in [-0.15, -0.1) is 0 Å². The van der Waals surface area contributed by atoms with Crippen molar-refractivity contribution in [2.45, 2.75) is 6.02 Å². The number of hydrogen-bond acceptors (Lipinski definition) is 4. The monoisotopic (exact) mass is 410 g/mol. The van der Waals surface area contributed by atoms with Gasteiger partial charge in [-0.1, -0.05) is 53.9 Å². The van der Waals surface area contributed by atoms with Crippen LogP contribution in [-0.2, 0) is 9.53 Å². The summed E-state index contributed by atoms with van der Waals surface area (Å²) < 4.78 is 192. The molecule has 6 heteroatoms. The quantitative estimate of drug-likeness (QED) is 0.724. The molecule has 3 rings (SSSR count). The maximum absolute atomic E-state index is 11.0. The van der Waals surface area contributed by atoms with Crippen LogP contribution in [0.2, 0.25) is 5.02 Å². The molecule has 1 aliphatic heterocycles. The molecule has 1 heterocycles. The fourth-order valence-corrected chi connectivity index (χ4v) is 1.83. The molecule has 1 aliphatic rings. The molecule has 0 bridgehead atoms. The lowest BCUT2D eigenvalue weighted by Crippen LogP contribution is -2.48. The fraction of sp³-hybridized carbons (Fsp3) is 0.381. The zero-order chi connectivity index (χ0) is 38.6. The average molecular weight is 411 g/mol. The maximum atomic E-state index is 11.0. The molecule has 2 aromatic carbocycles. The van der Waals surface area contributed by atoms with E-state index in [9.17, 15) is 6.17 Å². The minimum absolute atomic E-state index is 0.723. The molecule has 0 saturated carbocycles. The zero-order valence-corrected chi connectivity index (χ0v) is 14.0. The van der Waals surface area contributed by atoms with Gasteiger partial charge in [0.15, 0.2) is 0 Å². The molecule has 2 aromatic rings. The highest BCUT2D eigenvalue weighted by molar-refractivity contribution is 6.30. The number of benzene rings is 2. The van der Waals surface area contributed by atoms with Crippen molar-refractivity contribution >= 4 is 17.6 Å². The summed E-state index contributed by atoms with van der Waals surface area (Å²) in [6.07, 6.45) is 0. The third kappa shape index (κ3) is 5.78. The summed E-state index contributed by atoms with van der Waals surface area (Å²) in [6.45, 7) is -27.7. The molecule has 1 fully saturated rings. The van der Waals surface area contributed by atoms with E-state index < -0.39 is 138 Å². The molecule has 0 spiro atoms. The van der Waals surface area contributed by atoms with E-state index in [2.05, 4.69) is 4.74 Å². The highest BCUT2D eigenvalue weighted by atomic mass is 35.5. The predicted molar refractivity (Wildman–Crippen MR) is 106 cm³/mol. The highest BCUT2D eigenvalue weighted by Crippen LogP contribution is 2.30. The first-order valence-electron chi connectivity index (χ1n) is 18.1. The van der Waals surface area contributed by atoms with Gasteiger partial charge in [-0.05, 0) is 23.2 Å². The summed E-state index contributed by atoms with van der Waals surface area (Å²) >= 11 is 5.89. The van der Waals surface area contributed by atoms with Crippen LogP contribution in [0.15, 0.2) is 54.4 Å². The second kappa shape index (κ2) is 9.85. The Labute approximate surface area is 196 Å². The summed E-state index contributed by atoms with van der Waals surface area (Å²) in [5, 5.41) is 8.01. The summed E-state index contributed by atoms with van der Waals surface area (Å²) in [5.41, 5.74) is -3.01. The highest BCUT2D eigenvalue weighted by Gasteiger charge is 2.26. The molecule has 0 aliphatic carbocycles. The Hall–Kier alpha value is -1.92. The topological polar surface area (TPSA) is 53.0 Å². The van der Waals surface area contributed by atoms with Gasteiger partial charge in [-0.3, -0.25) is 9.80 Å². The molecule has 1 saturated heterocycles. The second-order valence-electron chi connectivity index (χ2n) is 4.55. The van der Waals surface area contributed by atoms with E-state index in [1.807, 2.05) is 0 Å². The van der Waals surface area contributed by atoms with Crippen molar-refractivity contribution < 1.29 is 44.8 Å². The van der Waals surface area contributed by atoms with Gasteiger partial charge >= 0.3 is 5.97 Å². The molecule has 0 aromatic heterocycles. The van der Waals surface area contributed by atoms with E-state index in [1.54, 1.807) is 0 Å². The van der Waals surface area contributed by atoms with Crippen molar-refractivity contribution in [2.24, 2.45) is 0 Å².